The van der Waals surface area contributed by atoms with E-state index >= 15 is 0 Å². The number of nitrogens with one attached hydrogen (secondary N) is 1. The number of hydrogen-bond acceptors (Lipinski definition) is 5. The van der Waals surface area contributed by atoms with Crippen LogP contribution in [0.5, 0.6) is 11.5 Å². The number of hydrogen-bond donors (Lipinski definition) is 1. The van der Waals surface area contributed by atoms with E-state index in [4.69, 9.17) is 16.3 Å². The van der Waals surface area contributed by atoms with Gasteiger partial charge in [0, 0.05) is 18.0 Å². The fourth-order valence-corrected chi connectivity index (χ4v) is 6.51. The van der Waals surface area contributed by atoms with E-state index in [9.17, 15) is 13.2 Å². The Labute approximate surface area is 190 Å². The van der Waals surface area contributed by atoms with Gasteiger partial charge in [-0.2, -0.15) is 4.31 Å². The molecule has 2 heterocycles. The minimum Gasteiger partial charge on any atom is -0.454 e. The predicted octanol–water partition coefficient (Wildman–Crippen LogP) is 5.16. The first kappa shape index (κ1) is 21.8. The van der Waals surface area contributed by atoms with Crippen molar-refractivity contribution >= 4 is 44.6 Å². The zero-order chi connectivity index (χ0) is 21.8. The van der Waals surface area contributed by atoms with Crippen LogP contribution in [0.2, 0.25) is 5.02 Å². The van der Waals surface area contributed by atoms with Gasteiger partial charge >= 0.3 is 0 Å². The molecule has 2 aromatic carbocycles. The molecule has 162 valence electrons. The van der Waals surface area contributed by atoms with Crippen LogP contribution in [0.3, 0.4) is 0 Å². The van der Waals surface area contributed by atoms with Crippen molar-refractivity contribution in [2.75, 3.05) is 18.4 Å². The van der Waals surface area contributed by atoms with Crippen LogP contribution in [-0.4, -0.2) is 31.7 Å². The van der Waals surface area contributed by atoms with Gasteiger partial charge in [0.2, 0.25) is 5.91 Å². The number of benzene rings is 2. The number of rotatable bonds is 7. The summed E-state index contributed by atoms with van der Waals surface area (Å²) in [5.74, 6) is 0.690. The van der Waals surface area contributed by atoms with Crippen molar-refractivity contribution in [2.45, 2.75) is 23.5 Å². The van der Waals surface area contributed by atoms with Gasteiger partial charge in [-0.25, -0.2) is 8.42 Å². The van der Waals surface area contributed by atoms with Crippen LogP contribution >= 0.6 is 22.9 Å². The van der Waals surface area contributed by atoms with E-state index in [2.05, 4.69) is 5.32 Å². The molecule has 0 unspecified atom stereocenters. The third kappa shape index (κ3) is 5.10. The lowest BCUT2D eigenvalue weighted by atomic mass is 10.2. The number of anilines is 1. The Bertz CT molecular complexity index is 1190. The molecule has 1 fully saturated rings. The van der Waals surface area contributed by atoms with Crippen molar-refractivity contribution < 1.29 is 17.9 Å². The molecule has 9 heteroatoms. The van der Waals surface area contributed by atoms with Crippen LogP contribution < -0.4 is 10.1 Å². The Balaban J connectivity index is 1.44. The van der Waals surface area contributed by atoms with E-state index in [-0.39, 0.29) is 16.5 Å². The van der Waals surface area contributed by atoms with E-state index in [0.717, 1.165) is 24.2 Å². The molecule has 0 saturated carbocycles. The Morgan fingerprint density at radius 2 is 1.68 bits per heavy atom. The van der Waals surface area contributed by atoms with Crippen LogP contribution in [0.15, 0.2) is 64.9 Å². The molecular weight excluding hydrogens is 456 g/mol. The molecule has 1 aliphatic heterocycles. The molecule has 1 saturated heterocycles. The summed E-state index contributed by atoms with van der Waals surface area (Å²) in [7, 11) is -3.47. The smallest absolute Gasteiger partial charge is 0.252 e. The molecule has 1 aliphatic rings. The van der Waals surface area contributed by atoms with Gasteiger partial charge in [0.15, 0.2) is 5.75 Å². The minimum atomic E-state index is -3.47. The summed E-state index contributed by atoms with van der Waals surface area (Å²) < 4.78 is 33.0. The molecule has 4 rings (SSSR count). The van der Waals surface area contributed by atoms with Crippen LogP contribution in [0.1, 0.15) is 17.7 Å². The van der Waals surface area contributed by atoms with Crippen molar-refractivity contribution in [3.8, 4) is 11.5 Å². The SMILES string of the molecule is O=C(Cc1ccc(S(=O)(=O)N2CCCC2)s1)Nc1ccccc1Oc1ccccc1Cl. The van der Waals surface area contributed by atoms with E-state index in [0.29, 0.717) is 40.2 Å². The molecule has 0 radical (unpaired) electrons. The lowest BCUT2D eigenvalue weighted by Crippen LogP contribution is -2.27. The molecular formula is C22H21ClN2O4S2. The highest BCUT2D eigenvalue weighted by molar-refractivity contribution is 7.91. The van der Waals surface area contributed by atoms with Crippen LogP contribution in [0, 0.1) is 0 Å². The lowest BCUT2D eigenvalue weighted by Gasteiger charge is -2.13. The zero-order valence-corrected chi connectivity index (χ0v) is 19.0. The molecule has 3 aromatic rings. The fraction of sp³-hybridized carbons (Fsp3) is 0.227. The van der Waals surface area contributed by atoms with Crippen molar-refractivity contribution in [3.63, 3.8) is 0 Å². The number of thiophene rings is 1. The molecule has 31 heavy (non-hydrogen) atoms. The Hall–Kier alpha value is -2.39. The molecule has 0 atom stereocenters. The van der Waals surface area contributed by atoms with Gasteiger partial charge in [-0.1, -0.05) is 35.9 Å². The number of amides is 1. The summed E-state index contributed by atoms with van der Waals surface area (Å²) in [6.45, 7) is 1.11. The van der Waals surface area contributed by atoms with Crippen molar-refractivity contribution in [3.05, 3.63) is 70.6 Å². The van der Waals surface area contributed by atoms with Gasteiger partial charge in [0.05, 0.1) is 17.1 Å². The van der Waals surface area contributed by atoms with Crippen molar-refractivity contribution in [2.24, 2.45) is 0 Å². The van der Waals surface area contributed by atoms with Crippen molar-refractivity contribution in [1.82, 2.24) is 4.31 Å². The average molecular weight is 477 g/mol. The Morgan fingerprint density at radius 3 is 2.42 bits per heavy atom. The number of para-hydroxylation sites is 3. The second kappa shape index (κ2) is 9.40. The Kier molecular flexibility index (Phi) is 6.62. The minimum absolute atomic E-state index is 0.0701. The highest BCUT2D eigenvalue weighted by Gasteiger charge is 2.28. The fourth-order valence-electron chi connectivity index (χ4n) is 3.31. The molecule has 1 N–H and O–H groups in total. The number of halogens is 1. The highest BCUT2D eigenvalue weighted by atomic mass is 35.5. The van der Waals surface area contributed by atoms with Gasteiger partial charge in [0.25, 0.3) is 10.0 Å². The maximum absolute atomic E-state index is 12.7. The summed E-state index contributed by atoms with van der Waals surface area (Å²) in [5.41, 5.74) is 0.508. The molecule has 6 nitrogen and oxygen atoms in total. The maximum atomic E-state index is 12.7. The summed E-state index contributed by atoms with van der Waals surface area (Å²) >= 11 is 7.30. The van der Waals surface area contributed by atoms with Crippen LogP contribution in [0.25, 0.3) is 0 Å². The summed E-state index contributed by atoms with van der Waals surface area (Å²) in [5, 5.41) is 3.31. The molecule has 0 spiro atoms. The van der Waals surface area contributed by atoms with Crippen LogP contribution in [-0.2, 0) is 21.2 Å². The van der Waals surface area contributed by atoms with E-state index in [1.807, 2.05) is 12.1 Å². The molecule has 1 aromatic heterocycles. The molecule has 0 aliphatic carbocycles. The summed E-state index contributed by atoms with van der Waals surface area (Å²) in [6, 6.07) is 17.4. The lowest BCUT2D eigenvalue weighted by molar-refractivity contribution is -0.115. The average Bonchev–Trinajstić information content (AvgIpc) is 3.44. The van der Waals surface area contributed by atoms with Gasteiger partial charge in [-0.05, 0) is 49.2 Å². The first-order chi connectivity index (χ1) is 14.9. The number of ether oxygens (including phenoxy) is 1. The predicted molar refractivity (Wildman–Crippen MR) is 123 cm³/mol. The van der Waals surface area contributed by atoms with E-state index in [1.165, 1.54) is 4.31 Å². The van der Waals surface area contributed by atoms with E-state index in [1.54, 1.807) is 48.5 Å². The standard InChI is InChI=1S/C22H21ClN2O4S2/c23-17-7-1-3-9-19(17)29-20-10-4-2-8-18(20)24-21(26)15-16-11-12-22(30-16)31(27,28)25-13-5-6-14-25/h1-4,7-12H,5-6,13-15H2,(H,24,26). The number of carbonyl (C=O) groups excluding carboxylic acids is 1. The second-order valence-corrected chi connectivity index (χ2v) is 10.8. The normalized spacial score (nSPS) is 14.5. The van der Waals surface area contributed by atoms with Gasteiger partial charge in [-0.15, -0.1) is 11.3 Å². The maximum Gasteiger partial charge on any atom is 0.252 e. The molecule has 0 bridgehead atoms. The van der Waals surface area contributed by atoms with Gasteiger partial charge < -0.3 is 10.1 Å². The van der Waals surface area contributed by atoms with Gasteiger partial charge in [0.1, 0.15) is 9.96 Å². The molecule has 1 amide bonds. The summed E-state index contributed by atoms with van der Waals surface area (Å²) in [6.07, 6.45) is 1.84. The first-order valence-corrected chi connectivity index (χ1v) is 12.5. The third-order valence-electron chi connectivity index (χ3n) is 4.85. The number of sulfonamides is 1. The quantitative estimate of drug-likeness (QED) is 0.511. The highest BCUT2D eigenvalue weighted by Crippen LogP contribution is 2.33. The number of carbonyl (C=O) groups is 1. The van der Waals surface area contributed by atoms with Crippen molar-refractivity contribution in [1.29, 1.82) is 0 Å². The monoisotopic (exact) mass is 476 g/mol. The number of nitrogens with zero attached hydrogens (tertiary/aromatic N) is 1. The topological polar surface area (TPSA) is 75.7 Å². The van der Waals surface area contributed by atoms with Gasteiger partial charge in [-0.3, -0.25) is 4.79 Å². The first-order valence-electron chi connectivity index (χ1n) is 9.83. The largest absolute Gasteiger partial charge is 0.454 e. The van der Waals surface area contributed by atoms with E-state index < -0.39 is 10.0 Å². The third-order valence-corrected chi connectivity index (χ3v) is 8.61. The second-order valence-electron chi connectivity index (χ2n) is 7.09. The Morgan fingerprint density at radius 1 is 1.00 bits per heavy atom. The summed E-state index contributed by atoms with van der Waals surface area (Å²) in [4.78, 5) is 13.3. The van der Waals surface area contributed by atoms with Crippen LogP contribution in [0.4, 0.5) is 5.69 Å². The zero-order valence-electron chi connectivity index (χ0n) is 16.6.